The van der Waals surface area contributed by atoms with Gasteiger partial charge in [-0.05, 0) is 101 Å². The predicted octanol–water partition coefficient (Wildman–Crippen LogP) is 9.37. The van der Waals surface area contributed by atoms with Crippen LogP contribution in [0, 0.1) is 0 Å². The lowest BCUT2D eigenvalue weighted by molar-refractivity contribution is 0.576. The van der Waals surface area contributed by atoms with Gasteiger partial charge < -0.3 is 0 Å². The van der Waals surface area contributed by atoms with Crippen LogP contribution in [0.1, 0.15) is 92.0 Å². The van der Waals surface area contributed by atoms with E-state index in [2.05, 4.69) is 169 Å². The Morgan fingerprint density at radius 2 is 1.26 bits per heavy atom. The van der Waals surface area contributed by atoms with Crippen molar-refractivity contribution in [3.8, 4) is 11.1 Å². The van der Waals surface area contributed by atoms with Crippen LogP contribution >= 0.6 is 0 Å². The Kier molecular flexibility index (Phi) is 6.44. The summed E-state index contributed by atoms with van der Waals surface area (Å²) in [5.41, 5.74) is 14.3. The van der Waals surface area contributed by atoms with Crippen molar-refractivity contribution in [3.05, 3.63) is 170 Å². The van der Waals surface area contributed by atoms with Crippen LogP contribution in [0.4, 0.5) is 0 Å². The lowest BCUT2D eigenvalue weighted by Crippen LogP contribution is -2.33. The van der Waals surface area contributed by atoms with Gasteiger partial charge in [0.25, 0.3) is 0 Å². The molecular weight excluding hydrogens is 516 g/mol. The molecule has 1 radical (unpaired) electrons. The van der Waals surface area contributed by atoms with E-state index in [4.69, 9.17) is 0 Å². The van der Waals surface area contributed by atoms with Gasteiger partial charge in [-0.15, -0.1) is 0 Å². The van der Waals surface area contributed by atoms with E-state index in [1.165, 1.54) is 71.6 Å². The van der Waals surface area contributed by atoms with E-state index in [-0.39, 0.29) is 16.7 Å². The van der Waals surface area contributed by atoms with Gasteiger partial charge in [-0.1, -0.05) is 151 Å². The van der Waals surface area contributed by atoms with Gasteiger partial charge in [0.2, 0.25) is 0 Å². The van der Waals surface area contributed by atoms with Crippen LogP contribution in [0.5, 0.6) is 0 Å². The summed E-state index contributed by atoms with van der Waals surface area (Å²) in [5.74, 6) is 0.163. The van der Waals surface area contributed by atoms with E-state index in [1.54, 1.807) is 0 Å². The maximum absolute atomic E-state index is 3.98. The van der Waals surface area contributed by atoms with Crippen molar-refractivity contribution < 1.29 is 0 Å². The molecule has 43 heavy (non-hydrogen) atoms. The number of allylic oxidation sites excluding steroid dienone is 1. The summed E-state index contributed by atoms with van der Waals surface area (Å²) in [4.78, 5) is 0. The molecule has 0 heteroatoms. The van der Waals surface area contributed by atoms with Crippen molar-refractivity contribution in [2.75, 3.05) is 0 Å². The van der Waals surface area contributed by atoms with Crippen LogP contribution in [0.15, 0.2) is 115 Å². The first kappa shape index (κ1) is 27.4. The summed E-state index contributed by atoms with van der Waals surface area (Å²) in [7, 11) is 0. The fraction of sp³-hybridized carbons (Fsp3) is 0.209. The Labute approximate surface area is 256 Å². The molecule has 0 aromatic heterocycles. The number of fused-ring (bicyclic) bond motifs is 4. The highest BCUT2D eigenvalue weighted by atomic mass is 14.4. The maximum Gasteiger partial charge on any atom is 0.0288 e. The van der Waals surface area contributed by atoms with Crippen LogP contribution in [0.3, 0.4) is 0 Å². The van der Waals surface area contributed by atoms with Gasteiger partial charge in [-0.25, -0.2) is 0 Å². The molecule has 2 aliphatic rings. The second kappa shape index (κ2) is 10.1. The molecule has 0 aliphatic heterocycles. The van der Waals surface area contributed by atoms with Crippen LogP contribution in [0.25, 0.3) is 28.9 Å². The minimum Gasteiger partial charge on any atom is -0.0720 e. The smallest absolute Gasteiger partial charge is 0.0288 e. The Morgan fingerprint density at radius 1 is 0.628 bits per heavy atom. The Bertz CT molecular complexity index is 1970. The lowest BCUT2D eigenvalue weighted by Gasteiger charge is -2.29. The zero-order valence-corrected chi connectivity index (χ0v) is 26.1. The van der Waals surface area contributed by atoms with E-state index < -0.39 is 0 Å². The molecular formula is C43H39. The molecule has 0 nitrogen and oxygen atoms in total. The quantitative estimate of drug-likeness (QED) is 0.204. The second-order valence-electron chi connectivity index (χ2n) is 14.1. The maximum atomic E-state index is 3.98. The Balaban J connectivity index is 1.69. The van der Waals surface area contributed by atoms with Crippen molar-refractivity contribution in [2.45, 2.75) is 58.3 Å². The van der Waals surface area contributed by atoms with Gasteiger partial charge in [0.1, 0.15) is 0 Å². The Hall–Kier alpha value is -4.42. The molecule has 0 saturated carbocycles. The monoisotopic (exact) mass is 555 g/mol. The first-order valence-corrected chi connectivity index (χ1v) is 15.5. The molecule has 0 bridgehead atoms. The normalized spacial score (nSPS) is 15.1. The predicted molar refractivity (Wildman–Crippen MR) is 183 cm³/mol. The molecule has 0 N–H and O–H groups in total. The topological polar surface area (TPSA) is 0 Å². The van der Waals surface area contributed by atoms with E-state index in [0.717, 1.165) is 0 Å². The highest BCUT2D eigenvalue weighted by Crippen LogP contribution is 2.41. The van der Waals surface area contributed by atoms with E-state index >= 15 is 0 Å². The van der Waals surface area contributed by atoms with Crippen molar-refractivity contribution in [3.63, 3.8) is 0 Å². The molecule has 0 spiro atoms. The molecule has 0 fully saturated rings. The van der Waals surface area contributed by atoms with Crippen LogP contribution in [0.2, 0.25) is 0 Å². The van der Waals surface area contributed by atoms with Gasteiger partial charge in [-0.2, -0.15) is 0 Å². The lowest BCUT2D eigenvalue weighted by atomic mass is 9.74. The van der Waals surface area contributed by atoms with Crippen LogP contribution in [-0.2, 0) is 10.8 Å². The molecule has 5 aromatic rings. The largest absolute Gasteiger partial charge is 0.0720 e. The number of rotatable bonds is 3. The highest BCUT2D eigenvalue weighted by molar-refractivity contribution is 5.88. The highest BCUT2D eigenvalue weighted by Gasteiger charge is 2.32. The zero-order valence-electron chi connectivity index (χ0n) is 26.1. The summed E-state index contributed by atoms with van der Waals surface area (Å²) >= 11 is 0. The molecule has 2 aliphatic carbocycles. The molecule has 0 heterocycles. The van der Waals surface area contributed by atoms with Crippen LogP contribution < -0.4 is 10.4 Å². The van der Waals surface area contributed by atoms with Gasteiger partial charge in [0.05, 0.1) is 0 Å². The first-order valence-electron chi connectivity index (χ1n) is 15.5. The summed E-state index contributed by atoms with van der Waals surface area (Å²) in [6, 6.07) is 40.3. The van der Waals surface area contributed by atoms with Crippen molar-refractivity contribution in [1.29, 1.82) is 0 Å². The van der Waals surface area contributed by atoms with E-state index in [0.29, 0.717) is 0 Å². The third-order valence-corrected chi connectivity index (χ3v) is 9.06. The molecule has 0 saturated heterocycles. The van der Waals surface area contributed by atoms with Gasteiger partial charge in [0, 0.05) is 5.92 Å². The molecule has 1 unspecified atom stereocenters. The third-order valence-electron chi connectivity index (χ3n) is 9.06. The van der Waals surface area contributed by atoms with Crippen molar-refractivity contribution >= 4 is 17.7 Å². The number of hydrogen-bond acceptors (Lipinski definition) is 0. The average molecular weight is 556 g/mol. The fourth-order valence-electron chi connectivity index (χ4n) is 7.04. The second-order valence-corrected chi connectivity index (χ2v) is 14.1. The minimum atomic E-state index is -0.118. The number of hydrogen-bond donors (Lipinski definition) is 0. The summed E-state index contributed by atoms with van der Waals surface area (Å²) in [6.45, 7) is 14.0. The van der Waals surface area contributed by atoms with E-state index in [1.807, 2.05) is 0 Å². The number of benzene rings is 5. The van der Waals surface area contributed by atoms with Gasteiger partial charge >= 0.3 is 0 Å². The molecule has 211 valence electrons. The molecule has 0 amide bonds. The third kappa shape index (κ3) is 4.70. The Morgan fingerprint density at radius 3 is 1.88 bits per heavy atom. The van der Waals surface area contributed by atoms with E-state index in [9.17, 15) is 0 Å². The van der Waals surface area contributed by atoms with Crippen LogP contribution in [-0.4, -0.2) is 0 Å². The minimum absolute atomic E-state index is 0.0741. The van der Waals surface area contributed by atoms with Gasteiger partial charge in [-0.3, -0.25) is 0 Å². The molecule has 5 aromatic carbocycles. The molecule has 1 atom stereocenters. The average Bonchev–Trinajstić information content (AvgIpc) is 3.58. The summed E-state index contributed by atoms with van der Waals surface area (Å²) < 4.78 is 0. The molecule has 7 rings (SSSR count). The fourth-order valence-corrected chi connectivity index (χ4v) is 7.04. The zero-order chi connectivity index (χ0) is 29.9. The standard InChI is InChI=1S/C43H39/c1-42(2,3)32-22-24-34-31(25-32)26-37-36(34)27-38(39(29-16-9-7-10-17-29)30-18-11-8-12-19-30)41(43(4,5)6)40(37)35-23-21-28-15-13-14-20-33(28)35/h7-25,27,35H,1-6H3. The summed E-state index contributed by atoms with van der Waals surface area (Å²) in [5, 5.41) is 2.56. The summed E-state index contributed by atoms with van der Waals surface area (Å²) in [6.07, 6.45) is 8.70. The SMILES string of the molecule is CC(C)(C)c1ccc2c(c1)[C]=c1c-2cc(=C(c2ccccc2)c2ccccc2)c(C(C)(C)C)c1C1C=Cc2ccccc21. The van der Waals surface area contributed by atoms with Crippen molar-refractivity contribution in [1.82, 2.24) is 0 Å². The van der Waals surface area contributed by atoms with Gasteiger partial charge in [0.15, 0.2) is 0 Å². The van der Waals surface area contributed by atoms with Crippen molar-refractivity contribution in [2.24, 2.45) is 0 Å². The first-order chi connectivity index (χ1) is 20.6.